The molecule has 0 bridgehead atoms. The zero-order chi connectivity index (χ0) is 26.6. The van der Waals surface area contributed by atoms with Crippen molar-refractivity contribution in [2.24, 2.45) is 0 Å². The molecule has 0 aliphatic rings. The molecule has 0 saturated carbocycles. The number of benzene rings is 2. The molecule has 2 aromatic rings. The summed E-state index contributed by atoms with van der Waals surface area (Å²) in [4.78, 5) is 26.5. The highest BCUT2D eigenvalue weighted by Gasteiger charge is 2.42. The van der Waals surface area contributed by atoms with Crippen molar-refractivity contribution in [1.29, 1.82) is 0 Å². The molecule has 35 heavy (non-hydrogen) atoms. The van der Waals surface area contributed by atoms with Crippen LogP contribution in [0.1, 0.15) is 24.0 Å². The van der Waals surface area contributed by atoms with Gasteiger partial charge in [-0.2, -0.15) is 13.2 Å². The monoisotopic (exact) mass is 569 g/mol. The standard InChI is InChI=1S/C23H21Cl4F3N2O3/c1-3-9-22(15-7-8-16(24)18(26)10-15,13-31(2)19(33)11-23(28,29)30)32(21(34)35)12-14-5-4-6-17(25)20(14)27/h3-8,10H,1,9,11-13H2,2H3,(H,34,35)/p-1/t22-/m1/s1. The molecule has 0 aliphatic carbocycles. The van der Waals surface area contributed by atoms with E-state index in [1.807, 2.05) is 0 Å². The van der Waals surface area contributed by atoms with Gasteiger partial charge in [0.15, 0.2) is 0 Å². The van der Waals surface area contributed by atoms with Crippen LogP contribution < -0.4 is 5.11 Å². The Balaban J connectivity index is 2.71. The van der Waals surface area contributed by atoms with Crippen LogP contribution in [0, 0.1) is 0 Å². The van der Waals surface area contributed by atoms with E-state index in [4.69, 9.17) is 46.4 Å². The highest BCUT2D eigenvalue weighted by atomic mass is 35.5. The molecule has 12 heteroatoms. The summed E-state index contributed by atoms with van der Waals surface area (Å²) < 4.78 is 38.7. The van der Waals surface area contributed by atoms with Crippen LogP contribution in [0.4, 0.5) is 18.0 Å². The van der Waals surface area contributed by atoms with Crippen molar-refractivity contribution in [2.45, 2.75) is 31.1 Å². The lowest BCUT2D eigenvalue weighted by Gasteiger charge is -2.48. The maximum absolute atomic E-state index is 12.9. The van der Waals surface area contributed by atoms with E-state index in [1.165, 1.54) is 36.4 Å². The first-order valence-corrected chi connectivity index (χ1v) is 11.5. The third kappa shape index (κ3) is 7.19. The molecule has 0 radical (unpaired) electrons. The normalized spacial score (nSPS) is 13.1. The summed E-state index contributed by atoms with van der Waals surface area (Å²) in [6.07, 6.45) is -6.90. The fourth-order valence-electron chi connectivity index (χ4n) is 3.67. The van der Waals surface area contributed by atoms with E-state index in [0.717, 1.165) is 16.8 Å². The van der Waals surface area contributed by atoms with Gasteiger partial charge in [0, 0.05) is 20.1 Å². The van der Waals surface area contributed by atoms with Gasteiger partial charge in [0.05, 0.1) is 25.6 Å². The van der Waals surface area contributed by atoms with Crippen molar-refractivity contribution in [3.8, 4) is 0 Å². The van der Waals surface area contributed by atoms with Crippen LogP contribution >= 0.6 is 46.4 Å². The maximum atomic E-state index is 12.9. The minimum atomic E-state index is -4.75. The highest BCUT2D eigenvalue weighted by Crippen LogP contribution is 2.39. The number of hydrogen-bond donors (Lipinski definition) is 0. The minimum Gasteiger partial charge on any atom is -0.530 e. The van der Waals surface area contributed by atoms with Crippen molar-refractivity contribution in [1.82, 2.24) is 9.80 Å². The largest absolute Gasteiger partial charge is 0.530 e. The Morgan fingerprint density at radius 2 is 1.71 bits per heavy atom. The number of alkyl halides is 3. The first-order valence-electron chi connectivity index (χ1n) is 10.0. The molecule has 5 nitrogen and oxygen atoms in total. The highest BCUT2D eigenvalue weighted by molar-refractivity contribution is 6.42. The number of carbonyl (C=O) groups is 2. The van der Waals surface area contributed by atoms with Crippen molar-refractivity contribution in [3.63, 3.8) is 0 Å². The minimum absolute atomic E-state index is 0.0703. The summed E-state index contributed by atoms with van der Waals surface area (Å²) in [5.41, 5.74) is -1.11. The SMILES string of the molecule is C=CC[C@@](CN(C)C(=O)CC(F)(F)F)(c1ccc(Cl)c(Cl)c1)N(Cc1cccc(Cl)c1Cl)C(=O)[O-]. The molecule has 0 fully saturated rings. The molecule has 1 atom stereocenters. The third-order valence-electron chi connectivity index (χ3n) is 5.31. The Morgan fingerprint density at radius 1 is 1.06 bits per heavy atom. The fraction of sp³-hybridized carbons (Fsp3) is 0.304. The zero-order valence-corrected chi connectivity index (χ0v) is 21.4. The molecule has 0 aliphatic heterocycles. The average Bonchev–Trinajstić information content (AvgIpc) is 2.74. The van der Waals surface area contributed by atoms with Gasteiger partial charge in [-0.3, -0.25) is 4.79 Å². The predicted molar refractivity (Wildman–Crippen MR) is 129 cm³/mol. The summed E-state index contributed by atoms with van der Waals surface area (Å²) in [5, 5.41) is 13.0. The quantitative estimate of drug-likeness (QED) is 0.331. The number of rotatable bonds is 9. The van der Waals surface area contributed by atoms with Crippen molar-refractivity contribution in [3.05, 3.63) is 80.3 Å². The topological polar surface area (TPSA) is 63.7 Å². The Hall–Kier alpha value is -2.13. The first kappa shape index (κ1) is 29.1. The van der Waals surface area contributed by atoms with Crippen LogP contribution in [0.25, 0.3) is 0 Å². The molecule has 0 aromatic heterocycles. The number of carboxylic acid groups (broad SMARTS) is 1. The van der Waals surface area contributed by atoms with Crippen LogP contribution in [0.3, 0.4) is 0 Å². The van der Waals surface area contributed by atoms with Crippen LogP contribution in [0.15, 0.2) is 49.1 Å². The molecule has 0 heterocycles. The van der Waals surface area contributed by atoms with Crippen LogP contribution in [-0.4, -0.2) is 41.6 Å². The first-order chi connectivity index (χ1) is 16.2. The molecule has 2 amide bonds. The van der Waals surface area contributed by atoms with Crippen LogP contribution in [0.5, 0.6) is 0 Å². The summed E-state index contributed by atoms with van der Waals surface area (Å²) in [6, 6.07) is 8.87. The summed E-state index contributed by atoms with van der Waals surface area (Å²) in [6.45, 7) is 2.82. The zero-order valence-electron chi connectivity index (χ0n) is 18.3. The van der Waals surface area contributed by atoms with E-state index < -0.39 is 36.7 Å². The van der Waals surface area contributed by atoms with E-state index in [1.54, 1.807) is 6.07 Å². The maximum Gasteiger partial charge on any atom is 0.397 e. The Kier molecular flexibility index (Phi) is 9.76. The lowest BCUT2D eigenvalue weighted by atomic mass is 9.83. The fourth-order valence-corrected chi connectivity index (χ4v) is 4.35. The van der Waals surface area contributed by atoms with E-state index in [0.29, 0.717) is 5.56 Å². The van der Waals surface area contributed by atoms with Gasteiger partial charge in [0.25, 0.3) is 0 Å². The van der Waals surface area contributed by atoms with Gasteiger partial charge in [-0.25, -0.2) is 0 Å². The van der Waals surface area contributed by atoms with Gasteiger partial charge in [0.2, 0.25) is 5.91 Å². The second-order valence-electron chi connectivity index (χ2n) is 7.76. The number of carbonyl (C=O) groups excluding carboxylic acids is 2. The lowest BCUT2D eigenvalue weighted by Crippen LogP contribution is -2.58. The third-order valence-corrected chi connectivity index (χ3v) is 6.91. The van der Waals surface area contributed by atoms with E-state index in [-0.39, 0.29) is 38.6 Å². The second-order valence-corrected chi connectivity index (χ2v) is 9.36. The van der Waals surface area contributed by atoms with Crippen LogP contribution in [0.2, 0.25) is 20.1 Å². The van der Waals surface area contributed by atoms with Crippen molar-refractivity contribution >= 4 is 58.4 Å². The molecule has 0 unspecified atom stereocenters. The Labute approximate surface area is 220 Å². The molecule has 0 spiro atoms. The Morgan fingerprint density at radius 3 is 2.26 bits per heavy atom. The molecule has 0 N–H and O–H groups in total. The number of amides is 2. The summed E-state index contributed by atoms with van der Waals surface area (Å²) in [5.74, 6) is -1.26. The van der Waals surface area contributed by atoms with E-state index in [9.17, 15) is 27.9 Å². The number of hydrogen-bond acceptors (Lipinski definition) is 3. The molecular formula is C23H20Cl4F3N2O3-. The number of likely N-dealkylation sites (N-methyl/N-ethyl adjacent to an activating group) is 1. The lowest BCUT2D eigenvalue weighted by molar-refractivity contribution is -0.274. The van der Waals surface area contributed by atoms with Gasteiger partial charge >= 0.3 is 6.18 Å². The molecule has 190 valence electrons. The van der Waals surface area contributed by atoms with E-state index in [2.05, 4.69) is 6.58 Å². The molecule has 2 rings (SSSR count). The van der Waals surface area contributed by atoms with Gasteiger partial charge in [-0.05, 0) is 35.7 Å². The predicted octanol–water partition coefficient (Wildman–Crippen LogP) is 6.33. The smallest absolute Gasteiger partial charge is 0.397 e. The summed E-state index contributed by atoms with van der Waals surface area (Å²) >= 11 is 24.6. The summed E-state index contributed by atoms with van der Waals surface area (Å²) in [7, 11) is 1.14. The van der Waals surface area contributed by atoms with Crippen molar-refractivity contribution in [2.75, 3.05) is 13.6 Å². The number of nitrogens with zero attached hydrogens (tertiary/aromatic N) is 2. The average molecular weight is 571 g/mol. The van der Waals surface area contributed by atoms with Gasteiger partial charge in [-0.15, -0.1) is 6.58 Å². The van der Waals surface area contributed by atoms with Crippen LogP contribution in [-0.2, 0) is 16.9 Å². The molecular weight excluding hydrogens is 551 g/mol. The second kappa shape index (κ2) is 11.7. The number of halogens is 7. The van der Waals surface area contributed by atoms with Gasteiger partial charge < -0.3 is 19.7 Å². The molecule has 2 aromatic carbocycles. The van der Waals surface area contributed by atoms with E-state index >= 15 is 0 Å². The Bertz CT molecular complexity index is 1110. The van der Waals surface area contributed by atoms with Gasteiger partial charge in [-0.1, -0.05) is 70.7 Å². The molecule has 0 saturated heterocycles. The van der Waals surface area contributed by atoms with Crippen molar-refractivity contribution < 1.29 is 27.9 Å². The van der Waals surface area contributed by atoms with Gasteiger partial charge in [0.1, 0.15) is 12.5 Å².